The molecule has 0 bridgehead atoms. The summed E-state index contributed by atoms with van der Waals surface area (Å²) in [6, 6.07) is 14.9. The van der Waals surface area contributed by atoms with Crippen LogP contribution in [0, 0.1) is 0 Å². The molecule has 1 aliphatic heterocycles. The highest BCUT2D eigenvalue weighted by atomic mass is 16.5. The van der Waals surface area contributed by atoms with Crippen molar-refractivity contribution in [1.29, 1.82) is 0 Å². The zero-order valence-electron chi connectivity index (χ0n) is 14.3. The number of hydrogen-bond acceptors (Lipinski definition) is 4. The lowest BCUT2D eigenvalue weighted by atomic mass is 10.1. The lowest BCUT2D eigenvalue weighted by Crippen LogP contribution is -2.02. The van der Waals surface area contributed by atoms with E-state index in [9.17, 15) is 0 Å². The summed E-state index contributed by atoms with van der Waals surface area (Å²) in [6.45, 7) is 1.83. The van der Waals surface area contributed by atoms with Crippen LogP contribution < -0.4 is 5.73 Å². The standard InChI is InChI=1S/C19H19N3O.CH2O2/c20-8-7-14-1-3-15(4-2-14)19-21-9-10-22(19)18-6-5-16-12-23-13-17(16)11-18;2-1-3/h1-6,9-11H,7-8,12-13,20H2;1H,(H,2,3). The van der Waals surface area contributed by atoms with Crippen LogP contribution in [0.3, 0.4) is 0 Å². The Hall–Kier alpha value is -2.96. The van der Waals surface area contributed by atoms with Crippen molar-refractivity contribution in [3.8, 4) is 17.1 Å². The van der Waals surface area contributed by atoms with E-state index in [1.54, 1.807) is 0 Å². The summed E-state index contributed by atoms with van der Waals surface area (Å²) in [5, 5.41) is 6.89. The second-order valence-corrected chi connectivity index (χ2v) is 5.91. The van der Waals surface area contributed by atoms with Gasteiger partial charge in [0.05, 0.1) is 13.2 Å². The zero-order valence-corrected chi connectivity index (χ0v) is 14.3. The minimum Gasteiger partial charge on any atom is -0.483 e. The lowest BCUT2D eigenvalue weighted by Gasteiger charge is -2.10. The molecular formula is C20H21N3O3. The van der Waals surface area contributed by atoms with E-state index in [1.807, 2.05) is 12.4 Å². The molecule has 3 aromatic rings. The smallest absolute Gasteiger partial charge is 0.290 e. The van der Waals surface area contributed by atoms with Crippen LogP contribution in [0.2, 0.25) is 0 Å². The maximum Gasteiger partial charge on any atom is 0.290 e. The number of aromatic nitrogens is 2. The molecule has 0 spiro atoms. The van der Waals surface area contributed by atoms with Gasteiger partial charge in [-0.2, -0.15) is 0 Å². The van der Waals surface area contributed by atoms with Crippen LogP contribution in [0.4, 0.5) is 0 Å². The molecule has 6 heteroatoms. The van der Waals surface area contributed by atoms with Crippen molar-refractivity contribution in [2.75, 3.05) is 6.54 Å². The Morgan fingerprint density at radius 2 is 1.88 bits per heavy atom. The minimum absolute atomic E-state index is 0.250. The second-order valence-electron chi connectivity index (χ2n) is 5.91. The molecule has 0 atom stereocenters. The summed E-state index contributed by atoms with van der Waals surface area (Å²) in [5.74, 6) is 0.947. The molecule has 26 heavy (non-hydrogen) atoms. The van der Waals surface area contributed by atoms with Crippen LogP contribution in [-0.4, -0.2) is 27.7 Å². The number of nitrogens with zero attached hydrogens (tertiary/aromatic N) is 2. The van der Waals surface area contributed by atoms with Gasteiger partial charge in [0.15, 0.2) is 0 Å². The van der Waals surface area contributed by atoms with Gasteiger partial charge >= 0.3 is 0 Å². The van der Waals surface area contributed by atoms with Crippen molar-refractivity contribution in [1.82, 2.24) is 9.55 Å². The predicted molar refractivity (Wildman–Crippen MR) is 98.9 cm³/mol. The van der Waals surface area contributed by atoms with Gasteiger partial charge in [0.2, 0.25) is 0 Å². The average molecular weight is 351 g/mol. The third-order valence-corrected chi connectivity index (χ3v) is 4.27. The lowest BCUT2D eigenvalue weighted by molar-refractivity contribution is -0.122. The number of carbonyl (C=O) groups is 1. The molecule has 0 saturated heterocycles. The van der Waals surface area contributed by atoms with Gasteiger partial charge in [-0.15, -0.1) is 0 Å². The van der Waals surface area contributed by atoms with Gasteiger partial charge in [-0.3, -0.25) is 9.36 Å². The van der Waals surface area contributed by atoms with Crippen molar-refractivity contribution < 1.29 is 14.6 Å². The van der Waals surface area contributed by atoms with Crippen LogP contribution >= 0.6 is 0 Å². The molecule has 1 aliphatic rings. The monoisotopic (exact) mass is 351 g/mol. The third kappa shape index (κ3) is 3.82. The summed E-state index contributed by atoms with van der Waals surface area (Å²) in [4.78, 5) is 12.9. The third-order valence-electron chi connectivity index (χ3n) is 4.27. The fraction of sp³-hybridized carbons (Fsp3) is 0.200. The van der Waals surface area contributed by atoms with Crippen molar-refractivity contribution in [2.45, 2.75) is 19.6 Å². The van der Waals surface area contributed by atoms with E-state index in [0.717, 1.165) is 30.1 Å². The van der Waals surface area contributed by atoms with Gasteiger partial charge in [0, 0.05) is 23.6 Å². The molecule has 1 aromatic heterocycles. The highest BCUT2D eigenvalue weighted by Gasteiger charge is 2.14. The van der Waals surface area contributed by atoms with Crippen LogP contribution in [-0.2, 0) is 29.2 Å². The number of ether oxygens (including phenoxy) is 1. The molecule has 0 radical (unpaired) electrons. The van der Waals surface area contributed by atoms with E-state index in [-0.39, 0.29) is 6.47 Å². The number of benzene rings is 2. The number of nitrogens with two attached hydrogens (primary N) is 1. The fourth-order valence-corrected chi connectivity index (χ4v) is 3.02. The maximum atomic E-state index is 8.36. The maximum absolute atomic E-state index is 8.36. The largest absolute Gasteiger partial charge is 0.483 e. The van der Waals surface area contributed by atoms with E-state index in [4.69, 9.17) is 20.4 Å². The molecule has 0 saturated carbocycles. The average Bonchev–Trinajstić information content (AvgIpc) is 3.32. The number of hydrogen-bond donors (Lipinski definition) is 2. The van der Waals surface area contributed by atoms with Gasteiger partial charge in [0.1, 0.15) is 5.82 Å². The highest BCUT2D eigenvalue weighted by Crippen LogP contribution is 2.26. The van der Waals surface area contributed by atoms with Crippen molar-refractivity contribution in [3.63, 3.8) is 0 Å². The Balaban J connectivity index is 0.000000613. The molecule has 2 aromatic carbocycles. The normalized spacial score (nSPS) is 12.2. The predicted octanol–water partition coefficient (Wildman–Crippen LogP) is 2.77. The Morgan fingerprint density at radius 1 is 1.15 bits per heavy atom. The number of fused-ring (bicyclic) bond motifs is 1. The molecule has 2 heterocycles. The Bertz CT molecular complexity index is 872. The van der Waals surface area contributed by atoms with Gasteiger partial charge in [-0.05, 0) is 41.8 Å². The van der Waals surface area contributed by atoms with E-state index in [0.29, 0.717) is 13.2 Å². The van der Waals surface area contributed by atoms with E-state index < -0.39 is 0 Å². The molecule has 4 rings (SSSR count). The summed E-state index contributed by atoms with van der Waals surface area (Å²) in [7, 11) is 0. The molecule has 0 aliphatic carbocycles. The SMILES string of the molecule is NCCc1ccc(-c2nccn2-c2ccc3c(c2)COC3)cc1.O=CO. The number of rotatable bonds is 4. The summed E-state index contributed by atoms with van der Waals surface area (Å²) >= 11 is 0. The Morgan fingerprint density at radius 3 is 2.62 bits per heavy atom. The first-order valence-electron chi connectivity index (χ1n) is 8.37. The van der Waals surface area contributed by atoms with Crippen molar-refractivity contribution in [3.05, 3.63) is 71.5 Å². The molecular weight excluding hydrogens is 330 g/mol. The summed E-state index contributed by atoms with van der Waals surface area (Å²) in [5.41, 5.74) is 11.6. The quantitative estimate of drug-likeness (QED) is 0.706. The van der Waals surface area contributed by atoms with E-state index in [1.165, 1.54) is 16.7 Å². The Kier molecular flexibility index (Phi) is 5.78. The second kappa shape index (κ2) is 8.42. The molecule has 0 fully saturated rings. The first-order chi connectivity index (χ1) is 12.8. The van der Waals surface area contributed by atoms with Gasteiger partial charge in [0.25, 0.3) is 6.47 Å². The summed E-state index contributed by atoms with van der Waals surface area (Å²) in [6.07, 6.45) is 4.74. The first-order valence-corrected chi connectivity index (χ1v) is 8.37. The van der Waals surface area contributed by atoms with Crippen LogP contribution in [0.15, 0.2) is 54.9 Å². The zero-order chi connectivity index (χ0) is 18.4. The van der Waals surface area contributed by atoms with Gasteiger partial charge < -0.3 is 15.6 Å². The van der Waals surface area contributed by atoms with Gasteiger partial charge in [-0.1, -0.05) is 30.3 Å². The van der Waals surface area contributed by atoms with Crippen LogP contribution in [0.5, 0.6) is 0 Å². The highest BCUT2D eigenvalue weighted by molar-refractivity contribution is 5.59. The van der Waals surface area contributed by atoms with Crippen molar-refractivity contribution >= 4 is 6.47 Å². The summed E-state index contributed by atoms with van der Waals surface area (Å²) < 4.78 is 7.62. The minimum atomic E-state index is -0.250. The van der Waals surface area contributed by atoms with Crippen LogP contribution in [0.25, 0.3) is 17.1 Å². The van der Waals surface area contributed by atoms with E-state index in [2.05, 4.69) is 52.0 Å². The van der Waals surface area contributed by atoms with Crippen LogP contribution in [0.1, 0.15) is 16.7 Å². The molecule has 6 nitrogen and oxygen atoms in total. The van der Waals surface area contributed by atoms with E-state index >= 15 is 0 Å². The topological polar surface area (TPSA) is 90.4 Å². The van der Waals surface area contributed by atoms with Gasteiger partial charge in [-0.25, -0.2) is 4.98 Å². The molecule has 0 unspecified atom stereocenters. The molecule has 134 valence electrons. The fourth-order valence-electron chi connectivity index (χ4n) is 3.02. The molecule has 0 amide bonds. The van der Waals surface area contributed by atoms with Crippen molar-refractivity contribution in [2.24, 2.45) is 5.73 Å². The first kappa shape index (κ1) is 17.8. The number of carboxylic acid groups (broad SMARTS) is 1. The number of imidazole rings is 1. The Labute approximate surface area is 151 Å². The molecule has 3 N–H and O–H groups in total.